The minimum absolute atomic E-state index is 0.787. The van der Waals surface area contributed by atoms with Crippen molar-refractivity contribution in [2.75, 3.05) is 0 Å². The quantitative estimate of drug-likeness (QED) is 0.568. The van der Waals surface area contributed by atoms with Gasteiger partial charge in [-0.1, -0.05) is 41.5 Å². The van der Waals surface area contributed by atoms with Gasteiger partial charge in [0.15, 0.2) is 0 Å². The molecule has 0 aromatic heterocycles. The fourth-order valence-corrected chi connectivity index (χ4v) is 3.25. The highest BCUT2D eigenvalue weighted by Gasteiger charge is 2.11. The van der Waals surface area contributed by atoms with Gasteiger partial charge in [0, 0.05) is 5.25 Å². The van der Waals surface area contributed by atoms with Gasteiger partial charge in [-0.3, -0.25) is 0 Å². The Balaban J connectivity index is 2.20. The second kappa shape index (κ2) is 3.57. The molecule has 0 nitrogen and oxygen atoms in total. The monoisotopic (exact) mass is 160 g/mol. The Bertz CT molecular complexity index is 107. The lowest BCUT2D eigenvalue weighted by atomic mass is 10.1. The summed E-state index contributed by atoms with van der Waals surface area (Å²) in [6.45, 7) is 4.55. The maximum Gasteiger partial charge on any atom is 0.0345 e. The summed E-state index contributed by atoms with van der Waals surface area (Å²) in [6, 6.07) is 0. The van der Waals surface area contributed by atoms with Gasteiger partial charge in [-0.25, -0.2) is 0 Å². The van der Waals surface area contributed by atoms with Crippen LogP contribution < -0.4 is 0 Å². The second-order valence-corrected chi connectivity index (χ2v) is 5.11. The lowest BCUT2D eigenvalue weighted by Crippen LogP contribution is -1.98. The van der Waals surface area contributed by atoms with E-state index in [1.165, 1.54) is 6.42 Å². The Hall–Kier alpha value is 0.440. The molecule has 0 saturated carbocycles. The first-order valence-corrected chi connectivity index (χ1v) is 5.55. The van der Waals surface area contributed by atoms with Gasteiger partial charge >= 0.3 is 0 Å². The zero-order chi connectivity index (χ0) is 6.69. The van der Waals surface area contributed by atoms with E-state index < -0.39 is 0 Å². The third-order valence-corrected chi connectivity index (χ3v) is 3.62. The van der Waals surface area contributed by atoms with Gasteiger partial charge in [0.2, 0.25) is 0 Å². The van der Waals surface area contributed by atoms with Crippen molar-refractivity contribution in [1.29, 1.82) is 0 Å². The summed E-state index contributed by atoms with van der Waals surface area (Å²) in [4.78, 5) is 0. The molecule has 9 heavy (non-hydrogen) atoms. The molecule has 0 aromatic carbocycles. The smallest absolute Gasteiger partial charge is 0.0345 e. The first-order chi connectivity index (χ1) is 4.29. The summed E-state index contributed by atoms with van der Waals surface area (Å²) >= 11 is 0. The SMILES string of the molecule is CC(C)CC1C=CSS1. The van der Waals surface area contributed by atoms with Crippen LogP contribution in [0.25, 0.3) is 0 Å². The van der Waals surface area contributed by atoms with Crippen LogP contribution in [0.15, 0.2) is 11.5 Å². The average Bonchev–Trinajstić information content (AvgIpc) is 2.15. The van der Waals surface area contributed by atoms with E-state index in [0.29, 0.717) is 0 Å². The summed E-state index contributed by atoms with van der Waals surface area (Å²) in [5.41, 5.74) is 0. The fourth-order valence-electron chi connectivity index (χ4n) is 0.838. The lowest BCUT2D eigenvalue weighted by molar-refractivity contribution is 0.603. The Morgan fingerprint density at radius 3 is 2.78 bits per heavy atom. The molecule has 1 rings (SSSR count). The molecule has 0 aromatic rings. The summed E-state index contributed by atoms with van der Waals surface area (Å²) in [5, 5.41) is 2.98. The van der Waals surface area contributed by atoms with Crippen LogP contribution in [0.1, 0.15) is 20.3 Å². The van der Waals surface area contributed by atoms with Crippen LogP contribution in [-0.2, 0) is 0 Å². The summed E-state index contributed by atoms with van der Waals surface area (Å²) < 4.78 is 0. The van der Waals surface area contributed by atoms with E-state index >= 15 is 0 Å². The van der Waals surface area contributed by atoms with E-state index in [-0.39, 0.29) is 0 Å². The molecular formula is C7H12S2. The predicted molar refractivity (Wildman–Crippen MR) is 47.6 cm³/mol. The average molecular weight is 160 g/mol. The Morgan fingerprint density at radius 1 is 1.56 bits per heavy atom. The summed E-state index contributed by atoms with van der Waals surface area (Å²) in [6.07, 6.45) is 3.63. The maximum atomic E-state index is 2.30. The van der Waals surface area contributed by atoms with Crippen LogP contribution >= 0.6 is 21.6 Å². The van der Waals surface area contributed by atoms with Crippen LogP contribution in [0.3, 0.4) is 0 Å². The molecule has 0 bridgehead atoms. The van der Waals surface area contributed by atoms with Crippen molar-refractivity contribution in [3.8, 4) is 0 Å². The van der Waals surface area contributed by atoms with Gasteiger partial charge in [-0.15, -0.1) is 0 Å². The van der Waals surface area contributed by atoms with Crippen LogP contribution in [0.5, 0.6) is 0 Å². The van der Waals surface area contributed by atoms with Crippen molar-refractivity contribution in [2.45, 2.75) is 25.5 Å². The third-order valence-electron chi connectivity index (χ3n) is 1.23. The van der Waals surface area contributed by atoms with Gasteiger partial charge in [0.1, 0.15) is 0 Å². The van der Waals surface area contributed by atoms with E-state index in [9.17, 15) is 0 Å². The van der Waals surface area contributed by atoms with Gasteiger partial charge in [0.25, 0.3) is 0 Å². The largest absolute Gasteiger partial charge is 0.0819 e. The molecule has 0 spiro atoms. The number of hydrogen-bond acceptors (Lipinski definition) is 2. The molecular weight excluding hydrogens is 148 g/mol. The van der Waals surface area contributed by atoms with Crippen molar-refractivity contribution in [3.05, 3.63) is 11.5 Å². The zero-order valence-electron chi connectivity index (χ0n) is 5.83. The van der Waals surface area contributed by atoms with Crippen LogP contribution in [0.4, 0.5) is 0 Å². The molecule has 1 heterocycles. The predicted octanol–water partition coefficient (Wildman–Crippen LogP) is 3.31. The van der Waals surface area contributed by atoms with Crippen molar-refractivity contribution >= 4 is 21.6 Å². The van der Waals surface area contributed by atoms with Crippen molar-refractivity contribution in [3.63, 3.8) is 0 Å². The number of hydrogen-bond donors (Lipinski definition) is 0. The summed E-state index contributed by atoms with van der Waals surface area (Å²) in [5.74, 6) is 0.839. The normalized spacial score (nSPS) is 25.9. The van der Waals surface area contributed by atoms with Gasteiger partial charge in [-0.05, 0) is 17.7 Å². The minimum Gasteiger partial charge on any atom is -0.0819 e. The first kappa shape index (κ1) is 7.55. The lowest BCUT2D eigenvalue weighted by Gasteiger charge is -2.07. The van der Waals surface area contributed by atoms with Crippen molar-refractivity contribution < 1.29 is 0 Å². The molecule has 1 unspecified atom stereocenters. The standard InChI is InChI=1S/C7H12S2/c1-6(2)5-7-3-4-8-9-7/h3-4,6-7H,5H2,1-2H3. The molecule has 0 N–H and O–H groups in total. The maximum absolute atomic E-state index is 2.30. The fraction of sp³-hybridized carbons (Fsp3) is 0.714. The number of rotatable bonds is 2. The van der Waals surface area contributed by atoms with E-state index in [1.54, 1.807) is 0 Å². The molecule has 1 aliphatic rings. The molecule has 0 aliphatic carbocycles. The van der Waals surface area contributed by atoms with E-state index in [2.05, 4.69) is 25.3 Å². The molecule has 0 fully saturated rings. The molecule has 0 radical (unpaired) electrons. The Labute approximate surface area is 64.9 Å². The minimum atomic E-state index is 0.787. The van der Waals surface area contributed by atoms with Gasteiger partial charge in [0.05, 0.1) is 0 Å². The van der Waals surface area contributed by atoms with Crippen molar-refractivity contribution in [2.24, 2.45) is 5.92 Å². The molecule has 0 amide bonds. The highest BCUT2D eigenvalue weighted by atomic mass is 33.1. The Morgan fingerprint density at radius 2 is 2.33 bits per heavy atom. The Kier molecular flexibility index (Phi) is 2.99. The molecule has 52 valence electrons. The van der Waals surface area contributed by atoms with E-state index in [0.717, 1.165) is 11.2 Å². The van der Waals surface area contributed by atoms with E-state index in [1.807, 2.05) is 21.6 Å². The van der Waals surface area contributed by atoms with E-state index in [4.69, 9.17) is 0 Å². The van der Waals surface area contributed by atoms with Crippen LogP contribution in [-0.4, -0.2) is 5.25 Å². The molecule has 1 atom stereocenters. The first-order valence-electron chi connectivity index (χ1n) is 3.28. The zero-order valence-corrected chi connectivity index (χ0v) is 7.47. The van der Waals surface area contributed by atoms with Crippen molar-refractivity contribution in [1.82, 2.24) is 0 Å². The van der Waals surface area contributed by atoms with Gasteiger partial charge < -0.3 is 0 Å². The highest BCUT2D eigenvalue weighted by Crippen LogP contribution is 2.38. The molecule has 1 aliphatic heterocycles. The highest BCUT2D eigenvalue weighted by molar-refractivity contribution is 8.78. The third kappa shape index (κ3) is 2.67. The summed E-state index contributed by atoms with van der Waals surface area (Å²) in [7, 11) is 3.84. The van der Waals surface area contributed by atoms with Gasteiger partial charge in [-0.2, -0.15) is 0 Å². The molecule has 0 saturated heterocycles. The molecule has 2 heteroatoms. The second-order valence-electron chi connectivity index (χ2n) is 2.69. The van der Waals surface area contributed by atoms with Crippen LogP contribution in [0, 0.1) is 5.92 Å². The van der Waals surface area contributed by atoms with Crippen LogP contribution in [0.2, 0.25) is 0 Å². The topological polar surface area (TPSA) is 0 Å².